The number of rotatable bonds is 9. The number of benzene rings is 3. The number of allylic oxidation sites excluding steroid dienone is 3. The fourth-order valence-electron chi connectivity index (χ4n) is 5.81. The van der Waals surface area contributed by atoms with E-state index in [2.05, 4.69) is 21.2 Å². The third-order valence-electron chi connectivity index (χ3n) is 7.82. The van der Waals surface area contributed by atoms with E-state index in [1.807, 2.05) is 62.4 Å². The van der Waals surface area contributed by atoms with Gasteiger partial charge in [-0.05, 0) is 83.1 Å². The zero-order chi connectivity index (χ0) is 30.7. The Morgan fingerprint density at radius 3 is 2.40 bits per heavy atom. The molecule has 3 aromatic carbocycles. The predicted octanol–water partition coefficient (Wildman–Crippen LogP) is 6.68. The number of carbonyl (C=O) groups excluding carboxylic acids is 2. The van der Waals surface area contributed by atoms with Crippen LogP contribution in [0.3, 0.4) is 0 Å². The molecule has 1 heterocycles. The van der Waals surface area contributed by atoms with Crippen LogP contribution in [0.15, 0.2) is 87.7 Å². The van der Waals surface area contributed by atoms with Gasteiger partial charge >= 0.3 is 5.97 Å². The van der Waals surface area contributed by atoms with Crippen LogP contribution in [0, 0.1) is 0 Å². The maximum atomic E-state index is 14.1. The van der Waals surface area contributed by atoms with E-state index in [0.29, 0.717) is 51.4 Å². The minimum absolute atomic E-state index is 0.0499. The first-order valence-corrected chi connectivity index (χ1v) is 14.9. The molecule has 8 nitrogen and oxygen atoms in total. The molecule has 0 saturated heterocycles. The number of esters is 1. The summed E-state index contributed by atoms with van der Waals surface area (Å²) < 4.78 is 22.8. The molecule has 0 amide bonds. The Morgan fingerprint density at radius 2 is 1.70 bits per heavy atom. The minimum Gasteiger partial charge on any atom is -0.503 e. The standard InChI is InChI=1S/C34H34BrNO7/c1-5-42-29-17-23(13-24(35)33(29)38)31-30(34(39)43-18-20-9-7-6-8-10-20)19(2)36-25-14-22(15-26(37)32(25)31)21-11-12-27(40-3)28(16-21)41-4/h6-13,16-17,22,31,36,38H,5,14-15,18H2,1-4H3/t22-,31-/m0/s1. The van der Waals surface area contributed by atoms with Gasteiger partial charge in [0.2, 0.25) is 0 Å². The lowest BCUT2D eigenvalue weighted by Crippen LogP contribution is -2.36. The van der Waals surface area contributed by atoms with Crippen LogP contribution >= 0.6 is 15.9 Å². The second-order valence-electron chi connectivity index (χ2n) is 10.5. The van der Waals surface area contributed by atoms with Gasteiger partial charge in [0.1, 0.15) is 6.61 Å². The third kappa shape index (κ3) is 6.13. The lowest BCUT2D eigenvalue weighted by Gasteiger charge is -2.37. The molecule has 1 aliphatic heterocycles. The van der Waals surface area contributed by atoms with Crippen molar-refractivity contribution in [3.63, 3.8) is 0 Å². The molecular formula is C34H34BrNO7. The van der Waals surface area contributed by atoms with Crippen molar-refractivity contribution >= 4 is 27.7 Å². The summed E-state index contributed by atoms with van der Waals surface area (Å²) >= 11 is 3.43. The molecule has 0 unspecified atom stereocenters. The number of ketones is 1. The predicted molar refractivity (Wildman–Crippen MR) is 165 cm³/mol. The van der Waals surface area contributed by atoms with Crippen LogP contribution in [0.4, 0.5) is 0 Å². The number of nitrogens with one attached hydrogen (secondary N) is 1. The van der Waals surface area contributed by atoms with Crippen molar-refractivity contribution in [1.82, 2.24) is 5.32 Å². The highest BCUT2D eigenvalue weighted by Crippen LogP contribution is 2.49. The van der Waals surface area contributed by atoms with Gasteiger partial charge in [-0.25, -0.2) is 4.79 Å². The molecule has 0 bridgehead atoms. The molecule has 2 N–H and O–H groups in total. The number of methoxy groups -OCH3 is 2. The summed E-state index contributed by atoms with van der Waals surface area (Å²) in [5.41, 5.74) is 4.64. The second kappa shape index (κ2) is 13.0. The molecule has 43 heavy (non-hydrogen) atoms. The van der Waals surface area contributed by atoms with Crippen molar-refractivity contribution in [2.45, 2.75) is 45.1 Å². The Morgan fingerprint density at radius 1 is 0.977 bits per heavy atom. The van der Waals surface area contributed by atoms with Crippen molar-refractivity contribution in [3.8, 4) is 23.0 Å². The summed E-state index contributed by atoms with van der Waals surface area (Å²) in [4.78, 5) is 27.8. The Bertz CT molecular complexity index is 1610. The number of carbonyl (C=O) groups is 2. The van der Waals surface area contributed by atoms with Crippen molar-refractivity contribution in [2.75, 3.05) is 20.8 Å². The van der Waals surface area contributed by atoms with E-state index in [1.165, 1.54) is 0 Å². The van der Waals surface area contributed by atoms with Crippen molar-refractivity contribution in [1.29, 1.82) is 0 Å². The zero-order valence-electron chi connectivity index (χ0n) is 24.5. The molecule has 5 rings (SSSR count). The smallest absolute Gasteiger partial charge is 0.337 e. The fourth-order valence-corrected chi connectivity index (χ4v) is 6.27. The van der Waals surface area contributed by atoms with Gasteiger partial charge in [-0.15, -0.1) is 0 Å². The van der Waals surface area contributed by atoms with Crippen LogP contribution in [0.25, 0.3) is 0 Å². The normalized spacial score (nSPS) is 18.1. The lowest BCUT2D eigenvalue weighted by atomic mass is 9.71. The summed E-state index contributed by atoms with van der Waals surface area (Å²) in [5, 5.41) is 14.0. The summed E-state index contributed by atoms with van der Waals surface area (Å²) in [6.07, 6.45) is 0.795. The van der Waals surface area contributed by atoms with Gasteiger partial charge in [0.05, 0.1) is 30.9 Å². The van der Waals surface area contributed by atoms with Crippen LogP contribution in [-0.4, -0.2) is 37.7 Å². The summed E-state index contributed by atoms with van der Waals surface area (Å²) in [5.74, 6) is -0.0226. The fraction of sp³-hybridized carbons (Fsp3) is 0.294. The molecule has 3 aromatic rings. The van der Waals surface area contributed by atoms with Crippen LogP contribution in [0.2, 0.25) is 0 Å². The number of hydrogen-bond acceptors (Lipinski definition) is 8. The van der Waals surface area contributed by atoms with Gasteiger partial charge in [-0.2, -0.15) is 0 Å². The number of ether oxygens (including phenoxy) is 4. The quantitative estimate of drug-likeness (QED) is 0.248. The highest BCUT2D eigenvalue weighted by Gasteiger charge is 2.42. The highest BCUT2D eigenvalue weighted by atomic mass is 79.9. The average molecular weight is 649 g/mol. The molecule has 0 aromatic heterocycles. The van der Waals surface area contributed by atoms with E-state index in [4.69, 9.17) is 18.9 Å². The van der Waals surface area contributed by atoms with Gasteiger partial charge in [0.15, 0.2) is 28.8 Å². The number of hydrogen-bond donors (Lipinski definition) is 2. The first kappa shape index (κ1) is 30.2. The van der Waals surface area contributed by atoms with Crippen LogP contribution in [-0.2, 0) is 20.9 Å². The van der Waals surface area contributed by atoms with Gasteiger partial charge in [-0.1, -0.05) is 36.4 Å². The van der Waals surface area contributed by atoms with E-state index >= 15 is 0 Å². The van der Waals surface area contributed by atoms with Crippen LogP contribution in [0.1, 0.15) is 55.2 Å². The SMILES string of the molecule is CCOc1cc([C@H]2C(C(=O)OCc3ccccc3)=C(C)NC3=C2C(=O)C[C@@H](c2ccc(OC)c(OC)c2)C3)cc(Br)c1O. The second-order valence-corrected chi connectivity index (χ2v) is 11.3. The molecule has 224 valence electrons. The first-order valence-electron chi connectivity index (χ1n) is 14.1. The van der Waals surface area contributed by atoms with Crippen molar-refractivity contribution in [2.24, 2.45) is 0 Å². The molecule has 9 heteroatoms. The van der Waals surface area contributed by atoms with E-state index < -0.39 is 11.9 Å². The van der Waals surface area contributed by atoms with E-state index in [-0.39, 0.29) is 36.2 Å². The van der Waals surface area contributed by atoms with E-state index in [9.17, 15) is 14.7 Å². The van der Waals surface area contributed by atoms with Gasteiger partial charge in [0, 0.05) is 29.3 Å². The molecule has 0 spiro atoms. The van der Waals surface area contributed by atoms with Crippen LogP contribution in [0.5, 0.6) is 23.0 Å². The Balaban J connectivity index is 1.57. The number of phenolic OH excluding ortho intramolecular Hbond substituents is 1. The minimum atomic E-state index is -0.727. The summed E-state index contributed by atoms with van der Waals surface area (Å²) in [6, 6.07) is 18.5. The average Bonchev–Trinajstić information content (AvgIpc) is 3.01. The molecule has 0 fully saturated rings. The summed E-state index contributed by atoms with van der Waals surface area (Å²) in [6.45, 7) is 4.06. The van der Waals surface area contributed by atoms with Gasteiger partial charge in [-0.3, -0.25) is 4.79 Å². The molecule has 2 aliphatic rings. The Kier molecular flexibility index (Phi) is 9.11. The molecule has 0 saturated carbocycles. The monoisotopic (exact) mass is 647 g/mol. The van der Waals surface area contributed by atoms with Crippen molar-refractivity contribution < 1.29 is 33.6 Å². The number of Topliss-reactive ketones (excluding diaryl/α,β-unsaturated/α-hetero) is 1. The van der Waals surface area contributed by atoms with E-state index in [0.717, 1.165) is 16.8 Å². The highest BCUT2D eigenvalue weighted by molar-refractivity contribution is 9.10. The number of halogens is 1. The first-order chi connectivity index (χ1) is 20.7. The maximum absolute atomic E-state index is 14.1. The number of phenols is 1. The lowest BCUT2D eigenvalue weighted by molar-refractivity contribution is -0.140. The molecular weight excluding hydrogens is 614 g/mol. The zero-order valence-corrected chi connectivity index (χ0v) is 26.1. The van der Waals surface area contributed by atoms with Crippen LogP contribution < -0.4 is 19.5 Å². The number of aromatic hydroxyl groups is 1. The van der Waals surface area contributed by atoms with Gasteiger partial charge in [0.25, 0.3) is 0 Å². The third-order valence-corrected chi connectivity index (χ3v) is 8.43. The Hall–Kier alpha value is -4.24. The molecule has 2 atom stereocenters. The molecule has 0 radical (unpaired) electrons. The Labute approximate surface area is 259 Å². The maximum Gasteiger partial charge on any atom is 0.337 e. The summed E-state index contributed by atoms with van der Waals surface area (Å²) in [7, 11) is 3.17. The van der Waals surface area contributed by atoms with Crippen molar-refractivity contribution in [3.05, 3.63) is 104 Å². The molecule has 1 aliphatic carbocycles. The largest absolute Gasteiger partial charge is 0.503 e. The van der Waals surface area contributed by atoms with Gasteiger partial charge < -0.3 is 29.4 Å². The topological polar surface area (TPSA) is 103 Å². The van der Waals surface area contributed by atoms with E-state index in [1.54, 1.807) is 26.4 Å². The number of dihydropyridines is 1.